The minimum Gasteiger partial charge on any atom is -0.479 e. The van der Waals surface area contributed by atoms with Gasteiger partial charge >= 0.3 is 5.97 Å². The Balaban J connectivity index is 2.33. The van der Waals surface area contributed by atoms with Crippen LogP contribution in [-0.4, -0.2) is 22.2 Å². The number of pyridine rings is 1. The fraction of sp³-hybridized carbons (Fsp3) is 0.286. The molecule has 1 unspecified atom stereocenters. The standard InChI is InChI=1S/C14H15NO3/c1-2-5-12(14(16)17)18-11-8-3-6-10-7-4-9-15-13(10)11/h3-4,6-9,12H,2,5H2,1H3,(H,16,17). The van der Waals surface area contributed by atoms with Gasteiger partial charge in [0.2, 0.25) is 0 Å². The summed E-state index contributed by atoms with van der Waals surface area (Å²) in [7, 11) is 0. The van der Waals surface area contributed by atoms with Gasteiger partial charge in [0.25, 0.3) is 0 Å². The van der Waals surface area contributed by atoms with E-state index in [-0.39, 0.29) is 0 Å². The molecule has 4 heteroatoms. The molecule has 0 saturated carbocycles. The van der Waals surface area contributed by atoms with Gasteiger partial charge in [-0.2, -0.15) is 0 Å². The highest BCUT2D eigenvalue weighted by atomic mass is 16.5. The maximum atomic E-state index is 11.1. The third-order valence-electron chi connectivity index (χ3n) is 2.69. The number of benzene rings is 1. The molecule has 0 amide bonds. The molecule has 0 radical (unpaired) electrons. The quantitative estimate of drug-likeness (QED) is 0.879. The first kappa shape index (κ1) is 12.4. The molecule has 0 saturated heterocycles. The van der Waals surface area contributed by atoms with Crippen molar-refractivity contribution >= 4 is 16.9 Å². The molecule has 1 heterocycles. The summed E-state index contributed by atoms with van der Waals surface area (Å²) in [6, 6.07) is 9.27. The highest BCUT2D eigenvalue weighted by Gasteiger charge is 2.19. The molecule has 0 bridgehead atoms. The number of rotatable bonds is 5. The number of para-hydroxylation sites is 1. The van der Waals surface area contributed by atoms with E-state index in [2.05, 4.69) is 4.98 Å². The second-order valence-corrected chi connectivity index (χ2v) is 4.06. The lowest BCUT2D eigenvalue weighted by Crippen LogP contribution is -2.26. The van der Waals surface area contributed by atoms with Crippen molar-refractivity contribution < 1.29 is 14.6 Å². The number of fused-ring (bicyclic) bond motifs is 1. The van der Waals surface area contributed by atoms with Crippen molar-refractivity contribution in [2.75, 3.05) is 0 Å². The van der Waals surface area contributed by atoms with Gasteiger partial charge in [0.1, 0.15) is 11.3 Å². The van der Waals surface area contributed by atoms with Gasteiger partial charge in [-0.05, 0) is 18.6 Å². The normalized spacial score (nSPS) is 12.3. The predicted octanol–water partition coefficient (Wildman–Crippen LogP) is 2.87. The van der Waals surface area contributed by atoms with E-state index in [0.717, 1.165) is 11.8 Å². The van der Waals surface area contributed by atoms with Gasteiger partial charge in [-0.3, -0.25) is 4.98 Å². The van der Waals surface area contributed by atoms with E-state index in [4.69, 9.17) is 9.84 Å². The van der Waals surface area contributed by atoms with Crippen LogP contribution >= 0.6 is 0 Å². The zero-order chi connectivity index (χ0) is 13.0. The maximum absolute atomic E-state index is 11.1. The minimum atomic E-state index is -0.940. The number of carbonyl (C=O) groups is 1. The molecule has 1 N–H and O–H groups in total. The smallest absolute Gasteiger partial charge is 0.344 e. The predicted molar refractivity (Wildman–Crippen MR) is 68.7 cm³/mol. The zero-order valence-electron chi connectivity index (χ0n) is 10.2. The van der Waals surface area contributed by atoms with Gasteiger partial charge in [-0.15, -0.1) is 0 Å². The summed E-state index contributed by atoms with van der Waals surface area (Å²) in [5.74, 6) is -0.418. The molecule has 0 aliphatic carbocycles. The average molecular weight is 245 g/mol. The molecule has 2 aromatic rings. The second-order valence-electron chi connectivity index (χ2n) is 4.06. The van der Waals surface area contributed by atoms with Crippen LogP contribution in [0.15, 0.2) is 36.5 Å². The van der Waals surface area contributed by atoms with Crippen molar-refractivity contribution in [3.63, 3.8) is 0 Å². The monoisotopic (exact) mass is 245 g/mol. The van der Waals surface area contributed by atoms with E-state index in [1.54, 1.807) is 12.3 Å². The van der Waals surface area contributed by atoms with E-state index in [0.29, 0.717) is 17.7 Å². The number of aromatic nitrogens is 1. The SMILES string of the molecule is CCCC(Oc1cccc2cccnc12)C(=O)O. The molecule has 1 atom stereocenters. The summed E-state index contributed by atoms with van der Waals surface area (Å²) < 4.78 is 5.57. The topological polar surface area (TPSA) is 59.4 Å². The van der Waals surface area contributed by atoms with Crippen LogP contribution in [0.5, 0.6) is 5.75 Å². The number of hydrogen-bond acceptors (Lipinski definition) is 3. The first-order valence-electron chi connectivity index (χ1n) is 5.95. The summed E-state index contributed by atoms with van der Waals surface area (Å²) in [5, 5.41) is 10.0. The molecule has 2 rings (SSSR count). The summed E-state index contributed by atoms with van der Waals surface area (Å²) in [6.45, 7) is 1.93. The van der Waals surface area contributed by atoms with Crippen molar-refractivity contribution in [3.05, 3.63) is 36.5 Å². The summed E-state index contributed by atoms with van der Waals surface area (Å²) in [4.78, 5) is 15.3. The molecule has 0 aliphatic heterocycles. The second kappa shape index (κ2) is 5.49. The lowest BCUT2D eigenvalue weighted by Gasteiger charge is -2.15. The van der Waals surface area contributed by atoms with Gasteiger partial charge in [0.05, 0.1) is 0 Å². The van der Waals surface area contributed by atoms with Crippen molar-refractivity contribution in [3.8, 4) is 5.75 Å². The zero-order valence-corrected chi connectivity index (χ0v) is 10.2. The van der Waals surface area contributed by atoms with Crippen LogP contribution in [0.2, 0.25) is 0 Å². The highest BCUT2D eigenvalue weighted by Crippen LogP contribution is 2.24. The molecule has 4 nitrogen and oxygen atoms in total. The first-order valence-corrected chi connectivity index (χ1v) is 5.95. The molecule has 0 aliphatic rings. The molecule has 0 fully saturated rings. The van der Waals surface area contributed by atoms with E-state index < -0.39 is 12.1 Å². The van der Waals surface area contributed by atoms with Crippen LogP contribution in [0, 0.1) is 0 Å². The third kappa shape index (κ3) is 2.59. The van der Waals surface area contributed by atoms with Gasteiger partial charge in [-0.1, -0.05) is 31.5 Å². The number of carboxylic acid groups (broad SMARTS) is 1. The Morgan fingerprint density at radius 1 is 1.39 bits per heavy atom. The van der Waals surface area contributed by atoms with Crippen LogP contribution in [0.3, 0.4) is 0 Å². The van der Waals surface area contributed by atoms with Crippen LogP contribution in [-0.2, 0) is 4.79 Å². The number of ether oxygens (including phenoxy) is 1. The van der Waals surface area contributed by atoms with Crippen molar-refractivity contribution in [2.45, 2.75) is 25.9 Å². The molecule has 1 aromatic heterocycles. The van der Waals surface area contributed by atoms with Crippen LogP contribution < -0.4 is 4.74 Å². The first-order chi connectivity index (χ1) is 8.72. The van der Waals surface area contributed by atoms with E-state index in [9.17, 15) is 4.79 Å². The number of aliphatic carboxylic acids is 1. The number of carboxylic acids is 1. The maximum Gasteiger partial charge on any atom is 0.344 e. The van der Waals surface area contributed by atoms with E-state index in [1.807, 2.05) is 31.2 Å². The molecular weight excluding hydrogens is 230 g/mol. The molecule has 18 heavy (non-hydrogen) atoms. The fourth-order valence-electron chi connectivity index (χ4n) is 1.82. The van der Waals surface area contributed by atoms with Gasteiger partial charge < -0.3 is 9.84 Å². The lowest BCUT2D eigenvalue weighted by atomic mass is 10.2. The van der Waals surface area contributed by atoms with Gasteiger partial charge in [0, 0.05) is 11.6 Å². The molecular formula is C14H15NO3. The molecule has 0 spiro atoms. The molecule has 94 valence electrons. The Morgan fingerprint density at radius 2 is 2.17 bits per heavy atom. The van der Waals surface area contributed by atoms with Crippen LogP contribution in [0.25, 0.3) is 10.9 Å². The lowest BCUT2D eigenvalue weighted by molar-refractivity contribution is -0.145. The number of hydrogen-bond donors (Lipinski definition) is 1. The Hall–Kier alpha value is -2.10. The van der Waals surface area contributed by atoms with Gasteiger partial charge in [-0.25, -0.2) is 4.79 Å². The Kier molecular flexibility index (Phi) is 3.77. The highest BCUT2D eigenvalue weighted by molar-refractivity contribution is 5.84. The average Bonchev–Trinajstić information content (AvgIpc) is 2.38. The van der Waals surface area contributed by atoms with Crippen LogP contribution in [0.4, 0.5) is 0 Å². The van der Waals surface area contributed by atoms with Crippen molar-refractivity contribution in [2.24, 2.45) is 0 Å². The van der Waals surface area contributed by atoms with Crippen LogP contribution in [0.1, 0.15) is 19.8 Å². The minimum absolute atomic E-state index is 0.485. The summed E-state index contributed by atoms with van der Waals surface area (Å²) in [5.41, 5.74) is 0.697. The van der Waals surface area contributed by atoms with Crippen molar-refractivity contribution in [1.82, 2.24) is 4.98 Å². The summed E-state index contributed by atoms with van der Waals surface area (Å²) >= 11 is 0. The Labute approximate surface area is 105 Å². The Morgan fingerprint density at radius 3 is 2.89 bits per heavy atom. The van der Waals surface area contributed by atoms with Gasteiger partial charge in [0.15, 0.2) is 6.10 Å². The van der Waals surface area contributed by atoms with E-state index in [1.165, 1.54) is 0 Å². The summed E-state index contributed by atoms with van der Waals surface area (Å²) in [6.07, 6.45) is 2.10. The Bertz CT molecular complexity index is 548. The third-order valence-corrected chi connectivity index (χ3v) is 2.69. The largest absolute Gasteiger partial charge is 0.479 e. The fourth-order valence-corrected chi connectivity index (χ4v) is 1.82. The van der Waals surface area contributed by atoms with Crippen molar-refractivity contribution in [1.29, 1.82) is 0 Å². The number of nitrogens with zero attached hydrogens (tertiary/aromatic N) is 1. The van der Waals surface area contributed by atoms with E-state index >= 15 is 0 Å². The molecule has 1 aromatic carbocycles.